The number of carbonyl (C=O) groups excluding carboxylic acids is 3. The average molecular weight is 398 g/mol. The topological polar surface area (TPSA) is 94.6 Å². The maximum Gasteiger partial charge on any atom is 0.397 e. The van der Waals surface area contributed by atoms with Gasteiger partial charge in [-0.05, 0) is 26.0 Å². The number of thiophene rings is 1. The number of anilines is 1. The highest BCUT2D eigenvalue weighted by Gasteiger charge is 2.25. The summed E-state index contributed by atoms with van der Waals surface area (Å²) in [5, 5.41) is 3.02. The van der Waals surface area contributed by atoms with E-state index in [4.69, 9.17) is 9.47 Å². The number of nitrogens with one attached hydrogen (secondary N) is 1. The lowest BCUT2D eigenvalue weighted by Crippen LogP contribution is -2.25. The summed E-state index contributed by atoms with van der Waals surface area (Å²) in [6.07, 6.45) is 0. The van der Waals surface area contributed by atoms with Crippen LogP contribution in [0.1, 0.15) is 23.5 Å². The quantitative estimate of drug-likeness (QED) is 0.521. The maximum absolute atomic E-state index is 12.4. The molecule has 0 spiro atoms. The first-order chi connectivity index (χ1) is 13.5. The first kappa shape index (κ1) is 19.5. The number of amides is 1. The fraction of sp³-hybridized carbons (Fsp3) is 0.200. The molecule has 28 heavy (non-hydrogen) atoms. The van der Waals surface area contributed by atoms with Crippen LogP contribution in [0.2, 0.25) is 0 Å². The number of benzene rings is 1. The first-order valence-corrected chi connectivity index (χ1v) is 9.51. The summed E-state index contributed by atoms with van der Waals surface area (Å²) in [6, 6.07) is 13.1. The molecule has 7 nitrogen and oxygen atoms in total. The summed E-state index contributed by atoms with van der Waals surface area (Å²) in [5.41, 5.74) is 1.85. The molecule has 2 heterocycles. The van der Waals surface area contributed by atoms with Crippen LogP contribution >= 0.6 is 11.3 Å². The molecule has 3 rings (SSSR count). The number of carbonyl (C=O) groups is 3. The molecule has 0 bridgehead atoms. The predicted octanol–water partition coefficient (Wildman–Crippen LogP) is 3.64. The van der Waals surface area contributed by atoms with Crippen LogP contribution in [0, 0.1) is 0 Å². The number of fused-ring (bicyclic) bond motifs is 1. The van der Waals surface area contributed by atoms with Crippen LogP contribution in [-0.4, -0.2) is 36.0 Å². The highest BCUT2D eigenvalue weighted by molar-refractivity contribution is 7.21. The van der Waals surface area contributed by atoms with Crippen LogP contribution in [0.5, 0.6) is 0 Å². The Bertz CT molecular complexity index is 1030. The molecule has 0 aliphatic rings. The second kappa shape index (κ2) is 8.62. The molecule has 0 radical (unpaired) electrons. The second-order valence-electron chi connectivity index (χ2n) is 5.62. The summed E-state index contributed by atoms with van der Waals surface area (Å²) in [4.78, 5) is 41.5. The Morgan fingerprint density at radius 2 is 1.71 bits per heavy atom. The zero-order valence-corrected chi connectivity index (χ0v) is 16.2. The lowest BCUT2D eigenvalue weighted by atomic mass is 10.1. The minimum atomic E-state index is -1.02. The number of ether oxygens (including phenoxy) is 2. The summed E-state index contributed by atoms with van der Waals surface area (Å²) < 4.78 is 9.79. The van der Waals surface area contributed by atoms with Gasteiger partial charge in [-0.25, -0.2) is 14.6 Å². The van der Waals surface area contributed by atoms with E-state index in [1.807, 2.05) is 30.3 Å². The summed E-state index contributed by atoms with van der Waals surface area (Å²) in [7, 11) is 0. The van der Waals surface area contributed by atoms with E-state index in [2.05, 4.69) is 10.3 Å². The standard InChI is InChI=1S/C20H18N2O5S/c1-3-26-19(24)16-15(22-17(23)20(25)27-4-2)13-10-11-14(21-18(13)28-16)12-8-6-5-7-9-12/h5-11H,3-4H2,1-2H3,(H,22,23). The normalized spacial score (nSPS) is 10.5. The Morgan fingerprint density at radius 3 is 2.39 bits per heavy atom. The van der Waals surface area contributed by atoms with E-state index < -0.39 is 17.8 Å². The number of nitrogens with zero attached hydrogens (tertiary/aromatic N) is 1. The maximum atomic E-state index is 12.4. The molecule has 1 amide bonds. The Morgan fingerprint density at radius 1 is 1.00 bits per heavy atom. The molecular formula is C20H18N2O5S. The number of hydrogen-bond donors (Lipinski definition) is 1. The van der Waals surface area contributed by atoms with Gasteiger partial charge in [0.1, 0.15) is 9.71 Å². The molecule has 2 aromatic heterocycles. The zero-order valence-electron chi connectivity index (χ0n) is 15.4. The fourth-order valence-corrected chi connectivity index (χ4v) is 3.60. The van der Waals surface area contributed by atoms with E-state index in [1.165, 1.54) is 0 Å². The average Bonchev–Trinajstić information content (AvgIpc) is 3.06. The zero-order chi connectivity index (χ0) is 20.1. The van der Waals surface area contributed by atoms with Gasteiger partial charge in [0.15, 0.2) is 0 Å². The van der Waals surface area contributed by atoms with Gasteiger partial charge in [-0.3, -0.25) is 4.79 Å². The van der Waals surface area contributed by atoms with E-state index in [9.17, 15) is 14.4 Å². The van der Waals surface area contributed by atoms with E-state index >= 15 is 0 Å². The fourth-order valence-electron chi connectivity index (χ4n) is 2.57. The third kappa shape index (κ3) is 4.01. The van der Waals surface area contributed by atoms with Gasteiger partial charge in [0.05, 0.1) is 24.6 Å². The van der Waals surface area contributed by atoms with E-state index in [0.29, 0.717) is 10.2 Å². The Kier molecular flexibility index (Phi) is 6.00. The minimum absolute atomic E-state index is 0.0728. The van der Waals surface area contributed by atoms with Gasteiger partial charge >= 0.3 is 17.8 Å². The van der Waals surface area contributed by atoms with Crippen molar-refractivity contribution in [1.29, 1.82) is 0 Å². The number of esters is 2. The van der Waals surface area contributed by atoms with Gasteiger partial charge in [0.25, 0.3) is 0 Å². The molecule has 0 saturated heterocycles. The van der Waals surface area contributed by atoms with Crippen molar-refractivity contribution in [1.82, 2.24) is 4.98 Å². The molecule has 8 heteroatoms. The molecule has 1 aromatic carbocycles. The van der Waals surface area contributed by atoms with Crippen molar-refractivity contribution in [3.05, 3.63) is 47.3 Å². The highest BCUT2D eigenvalue weighted by Crippen LogP contribution is 2.36. The van der Waals surface area contributed by atoms with Gasteiger partial charge in [-0.15, -0.1) is 11.3 Å². The second-order valence-corrected chi connectivity index (χ2v) is 6.62. The van der Waals surface area contributed by atoms with E-state index in [0.717, 1.165) is 22.6 Å². The molecule has 0 saturated carbocycles. The van der Waals surface area contributed by atoms with Crippen molar-refractivity contribution in [2.45, 2.75) is 13.8 Å². The predicted molar refractivity (Wildman–Crippen MR) is 106 cm³/mol. The van der Waals surface area contributed by atoms with Crippen LogP contribution in [0.3, 0.4) is 0 Å². The third-order valence-corrected chi connectivity index (χ3v) is 4.86. The lowest BCUT2D eigenvalue weighted by molar-refractivity contribution is -0.152. The number of pyridine rings is 1. The van der Waals surface area contributed by atoms with Crippen LogP contribution in [0.15, 0.2) is 42.5 Å². The van der Waals surface area contributed by atoms with Gasteiger partial charge in [0.2, 0.25) is 0 Å². The Hall–Kier alpha value is -3.26. The molecule has 3 aromatic rings. The largest absolute Gasteiger partial charge is 0.462 e. The van der Waals surface area contributed by atoms with Crippen molar-refractivity contribution in [3.8, 4) is 11.3 Å². The van der Waals surface area contributed by atoms with Gasteiger partial charge < -0.3 is 14.8 Å². The number of hydrogen-bond acceptors (Lipinski definition) is 7. The molecule has 0 unspecified atom stereocenters. The molecule has 1 N–H and O–H groups in total. The van der Waals surface area contributed by atoms with Crippen molar-refractivity contribution in [2.75, 3.05) is 18.5 Å². The molecule has 144 valence electrons. The van der Waals surface area contributed by atoms with Gasteiger partial charge in [0, 0.05) is 10.9 Å². The number of aromatic nitrogens is 1. The van der Waals surface area contributed by atoms with Crippen molar-refractivity contribution < 1.29 is 23.9 Å². The highest BCUT2D eigenvalue weighted by atomic mass is 32.1. The molecule has 0 fully saturated rings. The van der Waals surface area contributed by atoms with Crippen molar-refractivity contribution in [2.24, 2.45) is 0 Å². The molecular weight excluding hydrogens is 380 g/mol. The Labute approximate surface area is 165 Å². The Balaban J connectivity index is 2.06. The summed E-state index contributed by atoms with van der Waals surface area (Å²) in [6.45, 7) is 3.54. The monoisotopic (exact) mass is 398 g/mol. The minimum Gasteiger partial charge on any atom is -0.462 e. The summed E-state index contributed by atoms with van der Waals surface area (Å²) in [5.74, 6) is -2.57. The van der Waals surface area contributed by atoms with E-state index in [-0.39, 0.29) is 23.8 Å². The van der Waals surface area contributed by atoms with Crippen molar-refractivity contribution in [3.63, 3.8) is 0 Å². The van der Waals surface area contributed by atoms with Gasteiger partial charge in [-0.2, -0.15) is 0 Å². The summed E-state index contributed by atoms with van der Waals surface area (Å²) >= 11 is 1.10. The SMILES string of the molecule is CCOC(=O)C(=O)Nc1c(C(=O)OCC)sc2nc(-c3ccccc3)ccc12. The lowest BCUT2D eigenvalue weighted by Gasteiger charge is -2.07. The first-order valence-electron chi connectivity index (χ1n) is 8.69. The number of rotatable bonds is 5. The van der Waals surface area contributed by atoms with Crippen molar-refractivity contribution >= 4 is 45.1 Å². The molecule has 0 atom stereocenters. The van der Waals surface area contributed by atoms with E-state index in [1.54, 1.807) is 26.0 Å². The van der Waals surface area contributed by atoms with Crippen LogP contribution in [-0.2, 0) is 19.1 Å². The third-order valence-electron chi connectivity index (χ3n) is 3.79. The molecule has 0 aliphatic heterocycles. The smallest absolute Gasteiger partial charge is 0.397 e. The molecule has 0 aliphatic carbocycles. The van der Waals surface area contributed by atoms with Crippen LogP contribution in [0.4, 0.5) is 5.69 Å². The van der Waals surface area contributed by atoms with Crippen LogP contribution in [0.25, 0.3) is 21.5 Å². The van der Waals surface area contributed by atoms with Gasteiger partial charge in [-0.1, -0.05) is 30.3 Å². The van der Waals surface area contributed by atoms with Crippen LogP contribution < -0.4 is 5.32 Å².